The van der Waals surface area contributed by atoms with Crippen LogP contribution in [0.3, 0.4) is 0 Å². The molecule has 0 amide bonds. The number of hydrogen-bond acceptors (Lipinski definition) is 6. The average molecular weight is 275 g/mol. The zero-order valence-electron chi connectivity index (χ0n) is 11.5. The molecule has 0 saturated carbocycles. The van der Waals surface area contributed by atoms with Crippen molar-refractivity contribution in [3.8, 4) is 0 Å². The highest BCUT2D eigenvalue weighted by Crippen LogP contribution is 2.30. The maximum atomic E-state index is 4.62. The first kappa shape index (κ1) is 13.7. The molecule has 2 aromatic rings. The molecule has 0 aromatic carbocycles. The summed E-state index contributed by atoms with van der Waals surface area (Å²) >= 11 is 1.51. The molecule has 0 unspecified atom stereocenters. The van der Waals surface area contributed by atoms with Crippen LogP contribution < -0.4 is 5.32 Å². The second-order valence-corrected chi connectivity index (χ2v) is 5.42. The maximum Gasteiger partial charge on any atom is 0.134 e. The van der Waals surface area contributed by atoms with Crippen LogP contribution in [-0.2, 0) is 0 Å². The third-order valence-electron chi connectivity index (χ3n) is 2.61. The van der Waals surface area contributed by atoms with Gasteiger partial charge in [0.1, 0.15) is 21.7 Å². The van der Waals surface area contributed by atoms with Gasteiger partial charge >= 0.3 is 0 Å². The highest BCUT2D eigenvalue weighted by atomic mass is 32.2. The SMILES string of the molecule is CNc1nc(C(C)C)nc(Sc2cnccn2)c1C. The van der Waals surface area contributed by atoms with Crippen LogP contribution in [0.2, 0.25) is 0 Å². The van der Waals surface area contributed by atoms with Gasteiger partial charge in [-0.2, -0.15) is 0 Å². The summed E-state index contributed by atoms with van der Waals surface area (Å²) in [4.78, 5) is 17.5. The van der Waals surface area contributed by atoms with Crippen LogP contribution in [0.4, 0.5) is 5.82 Å². The molecule has 0 radical (unpaired) electrons. The van der Waals surface area contributed by atoms with Gasteiger partial charge < -0.3 is 5.32 Å². The summed E-state index contributed by atoms with van der Waals surface area (Å²) in [6.45, 7) is 6.18. The lowest BCUT2D eigenvalue weighted by Gasteiger charge is -2.13. The van der Waals surface area contributed by atoms with Crippen LogP contribution in [0.15, 0.2) is 28.6 Å². The summed E-state index contributed by atoms with van der Waals surface area (Å²) in [6.07, 6.45) is 5.08. The zero-order valence-corrected chi connectivity index (χ0v) is 12.3. The van der Waals surface area contributed by atoms with Crippen molar-refractivity contribution in [2.24, 2.45) is 0 Å². The van der Waals surface area contributed by atoms with E-state index in [1.807, 2.05) is 14.0 Å². The van der Waals surface area contributed by atoms with Gasteiger partial charge in [-0.3, -0.25) is 4.98 Å². The number of anilines is 1. The van der Waals surface area contributed by atoms with E-state index in [1.165, 1.54) is 11.8 Å². The summed E-state index contributed by atoms with van der Waals surface area (Å²) < 4.78 is 0. The minimum absolute atomic E-state index is 0.286. The zero-order chi connectivity index (χ0) is 13.8. The largest absolute Gasteiger partial charge is 0.373 e. The van der Waals surface area contributed by atoms with Crippen molar-refractivity contribution in [1.82, 2.24) is 19.9 Å². The summed E-state index contributed by atoms with van der Waals surface area (Å²) in [6, 6.07) is 0. The predicted octanol–water partition coefficient (Wildman–Crippen LogP) is 2.89. The summed E-state index contributed by atoms with van der Waals surface area (Å²) in [5.74, 6) is 1.99. The van der Waals surface area contributed by atoms with E-state index in [9.17, 15) is 0 Å². The molecule has 0 bridgehead atoms. The van der Waals surface area contributed by atoms with Crippen LogP contribution in [0.25, 0.3) is 0 Å². The molecule has 0 atom stereocenters. The van der Waals surface area contributed by atoms with Crippen molar-refractivity contribution in [2.75, 3.05) is 12.4 Å². The quantitative estimate of drug-likeness (QED) is 0.866. The van der Waals surface area contributed by atoms with Crippen molar-refractivity contribution in [3.63, 3.8) is 0 Å². The number of hydrogen-bond donors (Lipinski definition) is 1. The van der Waals surface area contributed by atoms with E-state index in [-0.39, 0.29) is 5.92 Å². The number of nitrogens with one attached hydrogen (secondary N) is 1. The van der Waals surface area contributed by atoms with Gasteiger partial charge in [0.05, 0.1) is 6.20 Å². The molecule has 0 fully saturated rings. The molecule has 100 valence electrons. The Hall–Kier alpha value is -1.69. The average Bonchev–Trinajstić information content (AvgIpc) is 2.42. The van der Waals surface area contributed by atoms with Crippen LogP contribution in [-0.4, -0.2) is 27.0 Å². The topological polar surface area (TPSA) is 63.6 Å². The third-order valence-corrected chi connectivity index (χ3v) is 3.62. The van der Waals surface area contributed by atoms with Crippen molar-refractivity contribution in [2.45, 2.75) is 36.7 Å². The minimum atomic E-state index is 0.286. The van der Waals surface area contributed by atoms with Gasteiger partial charge in [0.25, 0.3) is 0 Å². The molecular weight excluding hydrogens is 258 g/mol. The van der Waals surface area contributed by atoms with Crippen LogP contribution >= 0.6 is 11.8 Å². The fraction of sp³-hybridized carbons (Fsp3) is 0.385. The molecule has 1 N–H and O–H groups in total. The van der Waals surface area contributed by atoms with Gasteiger partial charge in [-0.05, 0) is 18.7 Å². The van der Waals surface area contributed by atoms with E-state index >= 15 is 0 Å². The molecule has 2 aromatic heterocycles. The fourth-order valence-corrected chi connectivity index (χ4v) is 2.36. The second kappa shape index (κ2) is 5.97. The van der Waals surface area contributed by atoms with Gasteiger partial charge in [0.2, 0.25) is 0 Å². The fourth-order valence-electron chi connectivity index (χ4n) is 1.55. The Morgan fingerprint density at radius 3 is 2.58 bits per heavy atom. The molecule has 6 heteroatoms. The van der Waals surface area contributed by atoms with E-state index in [2.05, 4.69) is 39.1 Å². The van der Waals surface area contributed by atoms with Gasteiger partial charge in [0.15, 0.2) is 0 Å². The molecule has 2 heterocycles. The number of aromatic nitrogens is 4. The smallest absolute Gasteiger partial charge is 0.134 e. The Kier molecular flexibility index (Phi) is 4.31. The Bertz CT molecular complexity index is 556. The predicted molar refractivity (Wildman–Crippen MR) is 76.6 cm³/mol. The van der Waals surface area contributed by atoms with Crippen molar-refractivity contribution >= 4 is 17.6 Å². The molecule has 2 rings (SSSR count). The van der Waals surface area contributed by atoms with Gasteiger partial charge in [-0.25, -0.2) is 15.0 Å². The Balaban J connectivity index is 2.41. The summed E-state index contributed by atoms with van der Waals surface area (Å²) in [7, 11) is 1.87. The monoisotopic (exact) mass is 275 g/mol. The molecule has 0 spiro atoms. The van der Waals surface area contributed by atoms with E-state index in [1.54, 1.807) is 18.6 Å². The first-order valence-electron chi connectivity index (χ1n) is 6.12. The van der Waals surface area contributed by atoms with Crippen molar-refractivity contribution in [3.05, 3.63) is 30.0 Å². The lowest BCUT2D eigenvalue weighted by Crippen LogP contribution is -2.06. The maximum absolute atomic E-state index is 4.62. The molecule has 0 saturated heterocycles. The van der Waals surface area contributed by atoms with E-state index in [4.69, 9.17) is 0 Å². The van der Waals surface area contributed by atoms with Crippen LogP contribution in [0.5, 0.6) is 0 Å². The van der Waals surface area contributed by atoms with E-state index in [0.29, 0.717) is 0 Å². The lowest BCUT2D eigenvalue weighted by molar-refractivity contribution is 0.749. The second-order valence-electron chi connectivity index (χ2n) is 4.41. The normalized spacial score (nSPS) is 10.8. The highest BCUT2D eigenvalue weighted by Gasteiger charge is 2.13. The first-order valence-corrected chi connectivity index (χ1v) is 6.93. The molecule has 0 aliphatic heterocycles. The highest BCUT2D eigenvalue weighted by molar-refractivity contribution is 7.99. The van der Waals surface area contributed by atoms with Gasteiger partial charge in [-0.15, -0.1) is 0 Å². The molecular formula is C13H17N5S. The van der Waals surface area contributed by atoms with Crippen LogP contribution in [0, 0.1) is 6.92 Å². The minimum Gasteiger partial charge on any atom is -0.373 e. The Morgan fingerprint density at radius 2 is 2.00 bits per heavy atom. The number of nitrogens with zero attached hydrogens (tertiary/aromatic N) is 4. The van der Waals surface area contributed by atoms with Crippen molar-refractivity contribution < 1.29 is 0 Å². The number of rotatable bonds is 4. The molecule has 0 aliphatic rings. The third kappa shape index (κ3) is 3.20. The summed E-state index contributed by atoms with van der Waals surface area (Å²) in [5, 5.41) is 4.87. The first-order chi connectivity index (χ1) is 9.11. The van der Waals surface area contributed by atoms with Gasteiger partial charge in [-0.1, -0.05) is 13.8 Å². The van der Waals surface area contributed by atoms with Crippen LogP contribution in [0.1, 0.15) is 31.2 Å². The van der Waals surface area contributed by atoms with Gasteiger partial charge in [0, 0.05) is 30.9 Å². The summed E-state index contributed by atoms with van der Waals surface area (Å²) in [5.41, 5.74) is 1.03. The molecule has 5 nitrogen and oxygen atoms in total. The van der Waals surface area contributed by atoms with E-state index in [0.717, 1.165) is 27.3 Å². The van der Waals surface area contributed by atoms with E-state index < -0.39 is 0 Å². The van der Waals surface area contributed by atoms with Crippen molar-refractivity contribution in [1.29, 1.82) is 0 Å². The standard InChI is InChI=1S/C13H17N5S/c1-8(2)11-17-12(14-4)9(3)13(18-11)19-10-7-15-5-6-16-10/h5-8H,1-4H3,(H,14,17,18). The lowest BCUT2D eigenvalue weighted by atomic mass is 10.2. The molecule has 0 aliphatic carbocycles. The molecule has 19 heavy (non-hydrogen) atoms. The Morgan fingerprint density at radius 1 is 1.21 bits per heavy atom. The Labute approximate surface area is 117 Å².